The summed E-state index contributed by atoms with van der Waals surface area (Å²) in [5.74, 6) is -0.355. The summed E-state index contributed by atoms with van der Waals surface area (Å²) in [6.07, 6.45) is 1.32. The van der Waals surface area contributed by atoms with Gasteiger partial charge >= 0.3 is 0 Å². The molecule has 0 bridgehead atoms. The Morgan fingerprint density at radius 1 is 1.14 bits per heavy atom. The van der Waals surface area contributed by atoms with E-state index in [1.165, 1.54) is 12.1 Å². The fraction of sp³-hybridized carbons (Fsp3) is 0.476. The Labute approximate surface area is 164 Å². The molecule has 0 unspecified atom stereocenters. The molecular formula is C21H27FN4O2. The van der Waals surface area contributed by atoms with E-state index in [2.05, 4.69) is 10.4 Å². The molecule has 1 N–H and O–H groups in total. The van der Waals surface area contributed by atoms with Gasteiger partial charge in [-0.2, -0.15) is 5.10 Å². The largest absolute Gasteiger partial charge is 0.354 e. The van der Waals surface area contributed by atoms with Crippen LogP contribution in [0.3, 0.4) is 0 Å². The number of carbonyl (C=O) groups excluding carboxylic acids is 2. The second-order valence-corrected chi connectivity index (χ2v) is 7.66. The fourth-order valence-corrected chi connectivity index (χ4v) is 3.69. The lowest BCUT2D eigenvalue weighted by Gasteiger charge is -2.31. The summed E-state index contributed by atoms with van der Waals surface area (Å²) in [6, 6.07) is 6.15. The highest BCUT2D eigenvalue weighted by atomic mass is 19.1. The maximum atomic E-state index is 13.2. The van der Waals surface area contributed by atoms with Crippen LogP contribution in [0.2, 0.25) is 0 Å². The van der Waals surface area contributed by atoms with Crippen molar-refractivity contribution in [3.8, 4) is 5.69 Å². The Morgan fingerprint density at radius 2 is 1.75 bits per heavy atom. The lowest BCUT2D eigenvalue weighted by Crippen LogP contribution is -2.44. The molecule has 0 radical (unpaired) electrons. The Morgan fingerprint density at radius 3 is 2.32 bits per heavy atom. The third-order valence-corrected chi connectivity index (χ3v) is 5.16. The number of hydrogen-bond acceptors (Lipinski definition) is 3. The molecule has 0 atom stereocenters. The lowest BCUT2D eigenvalue weighted by molar-refractivity contribution is -0.126. The molecule has 2 heterocycles. The highest BCUT2D eigenvalue weighted by Gasteiger charge is 2.30. The van der Waals surface area contributed by atoms with Gasteiger partial charge in [0.15, 0.2) is 0 Å². The summed E-state index contributed by atoms with van der Waals surface area (Å²) < 4.78 is 14.9. The van der Waals surface area contributed by atoms with Crippen molar-refractivity contribution in [1.29, 1.82) is 0 Å². The van der Waals surface area contributed by atoms with Gasteiger partial charge in [0.05, 0.1) is 22.6 Å². The molecule has 3 rings (SSSR count). The predicted octanol–water partition coefficient (Wildman–Crippen LogP) is 3.01. The summed E-state index contributed by atoms with van der Waals surface area (Å²) in [5, 5.41) is 7.43. The van der Waals surface area contributed by atoms with Gasteiger partial charge in [-0.3, -0.25) is 9.59 Å². The van der Waals surface area contributed by atoms with Crippen LogP contribution < -0.4 is 5.32 Å². The molecular weight excluding hydrogens is 359 g/mol. The van der Waals surface area contributed by atoms with Crippen molar-refractivity contribution < 1.29 is 14.0 Å². The van der Waals surface area contributed by atoms with Crippen molar-refractivity contribution in [3.63, 3.8) is 0 Å². The van der Waals surface area contributed by atoms with Crippen molar-refractivity contribution in [2.24, 2.45) is 5.92 Å². The van der Waals surface area contributed by atoms with Crippen LogP contribution in [0.25, 0.3) is 5.69 Å². The second-order valence-electron chi connectivity index (χ2n) is 7.66. The number of aromatic nitrogens is 2. The van der Waals surface area contributed by atoms with Crippen LogP contribution in [0.4, 0.5) is 4.39 Å². The zero-order valence-electron chi connectivity index (χ0n) is 16.8. The number of aryl methyl sites for hydroxylation is 1. The Bertz CT molecular complexity index is 865. The van der Waals surface area contributed by atoms with Crippen molar-refractivity contribution >= 4 is 11.8 Å². The normalized spacial score (nSPS) is 15.1. The number of nitrogens with one attached hydrogen (secondary N) is 1. The smallest absolute Gasteiger partial charge is 0.257 e. The van der Waals surface area contributed by atoms with Crippen molar-refractivity contribution in [1.82, 2.24) is 20.0 Å². The quantitative estimate of drug-likeness (QED) is 0.878. The van der Waals surface area contributed by atoms with Gasteiger partial charge in [-0.15, -0.1) is 0 Å². The van der Waals surface area contributed by atoms with Crippen molar-refractivity contribution in [2.75, 3.05) is 13.1 Å². The van der Waals surface area contributed by atoms with Crippen LogP contribution in [0.1, 0.15) is 48.4 Å². The number of benzene rings is 1. The number of piperidine rings is 1. The van der Waals surface area contributed by atoms with E-state index >= 15 is 0 Å². The molecule has 7 heteroatoms. The molecule has 1 aromatic heterocycles. The number of nitrogens with zero attached hydrogens (tertiary/aromatic N) is 3. The van der Waals surface area contributed by atoms with Crippen LogP contribution in [0.5, 0.6) is 0 Å². The van der Waals surface area contributed by atoms with Crippen molar-refractivity contribution in [3.05, 3.63) is 47.0 Å². The summed E-state index contributed by atoms with van der Waals surface area (Å²) in [4.78, 5) is 27.1. The van der Waals surface area contributed by atoms with Gasteiger partial charge in [0.2, 0.25) is 5.91 Å². The minimum absolute atomic E-state index is 0.0458. The maximum Gasteiger partial charge on any atom is 0.257 e. The zero-order chi connectivity index (χ0) is 20.4. The third-order valence-electron chi connectivity index (χ3n) is 5.16. The molecule has 0 saturated carbocycles. The van der Waals surface area contributed by atoms with E-state index in [4.69, 9.17) is 0 Å². The molecule has 6 nitrogen and oxygen atoms in total. The van der Waals surface area contributed by atoms with Crippen LogP contribution >= 0.6 is 0 Å². The molecule has 150 valence electrons. The van der Waals surface area contributed by atoms with Gasteiger partial charge < -0.3 is 10.2 Å². The minimum Gasteiger partial charge on any atom is -0.354 e. The van der Waals surface area contributed by atoms with Gasteiger partial charge in [0, 0.05) is 25.0 Å². The molecule has 28 heavy (non-hydrogen) atoms. The summed E-state index contributed by atoms with van der Waals surface area (Å²) in [5.41, 5.74) is 2.67. The predicted molar refractivity (Wildman–Crippen MR) is 105 cm³/mol. The van der Waals surface area contributed by atoms with Crippen molar-refractivity contribution in [2.45, 2.75) is 46.6 Å². The first-order valence-corrected chi connectivity index (χ1v) is 9.69. The standard InChI is InChI=1S/C21H27FN4O2/c1-13(2)23-20(27)16-9-11-25(12-10-16)21(28)19-14(3)24-26(15(19)4)18-7-5-17(22)6-8-18/h5-8,13,16H,9-12H2,1-4H3,(H,23,27). The zero-order valence-corrected chi connectivity index (χ0v) is 16.8. The fourth-order valence-electron chi connectivity index (χ4n) is 3.69. The number of likely N-dealkylation sites (tertiary alicyclic amines) is 1. The van der Waals surface area contributed by atoms with E-state index in [9.17, 15) is 14.0 Å². The number of halogens is 1. The lowest BCUT2D eigenvalue weighted by atomic mass is 9.95. The van der Waals surface area contributed by atoms with Gasteiger partial charge in [-0.1, -0.05) is 0 Å². The van der Waals surface area contributed by atoms with Crippen LogP contribution in [0.15, 0.2) is 24.3 Å². The molecule has 2 amide bonds. The van der Waals surface area contributed by atoms with E-state index in [1.54, 1.807) is 21.7 Å². The molecule has 1 aliphatic heterocycles. The van der Waals surface area contributed by atoms with Crippen LogP contribution in [-0.4, -0.2) is 45.6 Å². The van der Waals surface area contributed by atoms with Gasteiger partial charge in [-0.25, -0.2) is 9.07 Å². The SMILES string of the molecule is Cc1nn(-c2ccc(F)cc2)c(C)c1C(=O)N1CCC(C(=O)NC(C)C)CC1. The molecule has 1 aromatic carbocycles. The Kier molecular flexibility index (Phi) is 5.82. The van der Waals surface area contributed by atoms with E-state index in [0.29, 0.717) is 42.9 Å². The highest BCUT2D eigenvalue weighted by Crippen LogP contribution is 2.24. The van der Waals surface area contributed by atoms with E-state index in [-0.39, 0.29) is 29.6 Å². The first-order valence-electron chi connectivity index (χ1n) is 9.69. The van der Waals surface area contributed by atoms with E-state index < -0.39 is 0 Å². The first-order chi connectivity index (χ1) is 13.3. The maximum absolute atomic E-state index is 13.2. The van der Waals surface area contributed by atoms with Crippen LogP contribution in [-0.2, 0) is 4.79 Å². The number of carbonyl (C=O) groups is 2. The molecule has 0 spiro atoms. The van der Waals surface area contributed by atoms with Crippen LogP contribution in [0, 0.1) is 25.6 Å². The first kappa shape index (κ1) is 20.0. The molecule has 1 fully saturated rings. The third kappa shape index (κ3) is 4.08. The molecule has 1 saturated heterocycles. The van der Waals surface area contributed by atoms with E-state index in [0.717, 1.165) is 5.69 Å². The highest BCUT2D eigenvalue weighted by molar-refractivity contribution is 5.96. The number of rotatable bonds is 4. The van der Waals surface area contributed by atoms with Gasteiger partial charge in [0.25, 0.3) is 5.91 Å². The molecule has 2 aromatic rings. The summed E-state index contributed by atoms with van der Waals surface area (Å²) >= 11 is 0. The minimum atomic E-state index is -0.314. The Hall–Kier alpha value is -2.70. The number of amides is 2. The topological polar surface area (TPSA) is 67.2 Å². The van der Waals surface area contributed by atoms with Gasteiger partial charge in [-0.05, 0) is 64.8 Å². The second kappa shape index (κ2) is 8.12. The van der Waals surface area contributed by atoms with Gasteiger partial charge in [0.1, 0.15) is 5.82 Å². The molecule has 1 aliphatic rings. The Balaban J connectivity index is 1.73. The summed E-state index contributed by atoms with van der Waals surface area (Å²) in [6.45, 7) is 8.65. The molecule has 0 aliphatic carbocycles. The average Bonchev–Trinajstić information content (AvgIpc) is 2.95. The monoisotopic (exact) mass is 386 g/mol. The van der Waals surface area contributed by atoms with E-state index in [1.807, 2.05) is 27.7 Å². The number of hydrogen-bond donors (Lipinski definition) is 1. The average molecular weight is 386 g/mol. The summed E-state index contributed by atoms with van der Waals surface area (Å²) in [7, 11) is 0.